The van der Waals surface area contributed by atoms with Crippen LogP contribution in [0.15, 0.2) is 0 Å². The molecule has 0 heterocycles. The van der Waals surface area contributed by atoms with Crippen molar-refractivity contribution in [2.24, 2.45) is 5.92 Å². The highest BCUT2D eigenvalue weighted by atomic mass is 16.5. The van der Waals surface area contributed by atoms with Crippen LogP contribution in [0.25, 0.3) is 0 Å². The number of hydrogen-bond donors (Lipinski definition) is 1. The third kappa shape index (κ3) is 14.1. The average molecular weight is 274 g/mol. The van der Waals surface area contributed by atoms with Crippen LogP contribution in [0.4, 0.5) is 0 Å². The van der Waals surface area contributed by atoms with Gasteiger partial charge in [-0.25, -0.2) is 0 Å². The van der Waals surface area contributed by atoms with Gasteiger partial charge in [0.05, 0.1) is 13.2 Å². The largest absolute Gasteiger partial charge is 0.394 e. The molecule has 1 N–H and O–H groups in total. The molecule has 0 fully saturated rings. The molecule has 0 aromatic heterocycles. The number of ether oxygens (including phenoxy) is 2. The molecule has 0 aliphatic carbocycles. The van der Waals surface area contributed by atoms with Crippen LogP contribution in [0.2, 0.25) is 0 Å². The lowest BCUT2D eigenvalue weighted by molar-refractivity contribution is -0.0453. The molecule has 19 heavy (non-hydrogen) atoms. The summed E-state index contributed by atoms with van der Waals surface area (Å²) in [6, 6.07) is 0. The first kappa shape index (κ1) is 18.9. The van der Waals surface area contributed by atoms with E-state index in [-0.39, 0.29) is 12.7 Å². The third-order valence-corrected chi connectivity index (χ3v) is 3.20. The van der Waals surface area contributed by atoms with Crippen LogP contribution < -0.4 is 0 Å². The minimum Gasteiger partial charge on any atom is -0.394 e. The summed E-state index contributed by atoms with van der Waals surface area (Å²) in [4.78, 5) is 0. The van der Waals surface area contributed by atoms with Gasteiger partial charge in [-0.15, -0.1) is 0 Å². The van der Waals surface area contributed by atoms with Crippen LogP contribution in [-0.2, 0) is 9.47 Å². The van der Waals surface area contributed by atoms with Crippen LogP contribution in [0.3, 0.4) is 0 Å². The fraction of sp³-hybridized carbons (Fsp3) is 1.00. The Kier molecular flexibility index (Phi) is 14.2. The summed E-state index contributed by atoms with van der Waals surface area (Å²) in [5.74, 6) is 0.642. The third-order valence-electron chi connectivity index (χ3n) is 3.20. The van der Waals surface area contributed by atoms with Crippen molar-refractivity contribution in [3.8, 4) is 0 Å². The molecule has 1 unspecified atom stereocenters. The summed E-state index contributed by atoms with van der Waals surface area (Å²) in [6.07, 6.45) is 8.54. The molecule has 0 rings (SSSR count). The molecule has 0 spiro atoms. The highest BCUT2D eigenvalue weighted by Crippen LogP contribution is 2.06. The van der Waals surface area contributed by atoms with Gasteiger partial charge >= 0.3 is 0 Å². The van der Waals surface area contributed by atoms with E-state index in [9.17, 15) is 5.11 Å². The maximum atomic E-state index is 9.19. The number of rotatable bonds is 14. The molecule has 0 bridgehead atoms. The summed E-state index contributed by atoms with van der Waals surface area (Å²) in [5.41, 5.74) is 0. The van der Waals surface area contributed by atoms with Gasteiger partial charge in [-0.2, -0.15) is 0 Å². The van der Waals surface area contributed by atoms with E-state index in [0.717, 1.165) is 19.4 Å². The summed E-state index contributed by atoms with van der Waals surface area (Å²) in [7, 11) is 0. The summed E-state index contributed by atoms with van der Waals surface area (Å²) >= 11 is 0. The Hall–Kier alpha value is -0.120. The van der Waals surface area contributed by atoms with Crippen LogP contribution >= 0.6 is 0 Å². The van der Waals surface area contributed by atoms with Gasteiger partial charge in [0.25, 0.3) is 0 Å². The average Bonchev–Trinajstić information content (AvgIpc) is 2.39. The summed E-state index contributed by atoms with van der Waals surface area (Å²) in [6.45, 7) is 8.65. The normalized spacial score (nSPS) is 13.1. The molecular weight excluding hydrogens is 240 g/mol. The van der Waals surface area contributed by atoms with Crippen molar-refractivity contribution in [1.29, 1.82) is 0 Å². The van der Waals surface area contributed by atoms with E-state index in [0.29, 0.717) is 19.1 Å². The van der Waals surface area contributed by atoms with Gasteiger partial charge in [0.15, 0.2) is 0 Å². The van der Waals surface area contributed by atoms with Crippen LogP contribution in [0.1, 0.15) is 65.7 Å². The predicted molar refractivity (Wildman–Crippen MR) is 80.5 cm³/mol. The Morgan fingerprint density at radius 3 is 2.26 bits per heavy atom. The molecule has 1 atom stereocenters. The maximum Gasteiger partial charge on any atom is 0.104 e. The summed E-state index contributed by atoms with van der Waals surface area (Å²) in [5, 5.41) is 9.19. The molecule has 0 aromatic carbocycles. The van der Waals surface area contributed by atoms with E-state index >= 15 is 0 Å². The Balaban J connectivity index is 3.31. The predicted octanol–water partition coefficient (Wildman–Crippen LogP) is 3.79. The van der Waals surface area contributed by atoms with Gasteiger partial charge < -0.3 is 14.6 Å². The van der Waals surface area contributed by atoms with E-state index < -0.39 is 0 Å². The van der Waals surface area contributed by atoms with Crippen LogP contribution in [-0.4, -0.2) is 37.6 Å². The summed E-state index contributed by atoms with van der Waals surface area (Å²) < 4.78 is 11.2. The topological polar surface area (TPSA) is 38.7 Å². The van der Waals surface area contributed by atoms with Crippen molar-refractivity contribution in [2.45, 2.75) is 71.8 Å². The van der Waals surface area contributed by atoms with Gasteiger partial charge in [0.2, 0.25) is 0 Å². The fourth-order valence-electron chi connectivity index (χ4n) is 1.82. The van der Waals surface area contributed by atoms with E-state index in [4.69, 9.17) is 9.47 Å². The standard InChI is InChI=1S/C16H34O3/c1-4-5-6-7-8-9-11-18-14-16(13-17)19-12-10-15(2)3/h15-17H,4-14H2,1-3H3. The highest BCUT2D eigenvalue weighted by Gasteiger charge is 2.08. The number of unbranched alkanes of at least 4 members (excludes halogenated alkanes) is 5. The van der Waals surface area contributed by atoms with E-state index in [1.54, 1.807) is 0 Å². The first-order valence-electron chi connectivity index (χ1n) is 8.00. The van der Waals surface area contributed by atoms with E-state index in [1.165, 1.54) is 32.1 Å². The molecule has 0 aliphatic rings. The second-order valence-corrected chi connectivity index (χ2v) is 5.70. The zero-order chi connectivity index (χ0) is 14.3. The van der Waals surface area contributed by atoms with Crippen LogP contribution in [0.5, 0.6) is 0 Å². The highest BCUT2D eigenvalue weighted by molar-refractivity contribution is 4.55. The Bertz CT molecular complexity index is 171. The number of hydrogen-bond acceptors (Lipinski definition) is 3. The van der Waals surface area contributed by atoms with Crippen molar-refractivity contribution in [3.05, 3.63) is 0 Å². The van der Waals surface area contributed by atoms with Crippen molar-refractivity contribution in [2.75, 3.05) is 26.4 Å². The monoisotopic (exact) mass is 274 g/mol. The lowest BCUT2D eigenvalue weighted by Gasteiger charge is -2.16. The molecule has 3 heteroatoms. The van der Waals surface area contributed by atoms with E-state index in [2.05, 4.69) is 20.8 Å². The van der Waals surface area contributed by atoms with Gasteiger partial charge in [0.1, 0.15) is 6.10 Å². The van der Waals surface area contributed by atoms with Gasteiger partial charge in [-0.05, 0) is 18.8 Å². The first-order valence-corrected chi connectivity index (χ1v) is 8.00. The van der Waals surface area contributed by atoms with E-state index in [1.807, 2.05) is 0 Å². The first-order chi connectivity index (χ1) is 9.20. The Morgan fingerprint density at radius 1 is 0.947 bits per heavy atom. The smallest absolute Gasteiger partial charge is 0.104 e. The fourth-order valence-corrected chi connectivity index (χ4v) is 1.82. The molecule has 0 radical (unpaired) electrons. The molecule has 0 aliphatic heterocycles. The quantitative estimate of drug-likeness (QED) is 0.490. The minimum absolute atomic E-state index is 0.0502. The molecule has 0 saturated heterocycles. The molecule has 0 amide bonds. The number of aliphatic hydroxyl groups is 1. The van der Waals surface area contributed by atoms with Gasteiger partial charge in [-0.1, -0.05) is 52.9 Å². The Labute approximate surface area is 119 Å². The lowest BCUT2D eigenvalue weighted by atomic mass is 10.1. The Morgan fingerprint density at radius 2 is 1.63 bits per heavy atom. The van der Waals surface area contributed by atoms with Crippen molar-refractivity contribution in [3.63, 3.8) is 0 Å². The second kappa shape index (κ2) is 14.3. The SMILES string of the molecule is CCCCCCCCOCC(CO)OCCC(C)C. The lowest BCUT2D eigenvalue weighted by Crippen LogP contribution is -2.25. The van der Waals surface area contributed by atoms with Crippen molar-refractivity contribution < 1.29 is 14.6 Å². The van der Waals surface area contributed by atoms with Crippen LogP contribution in [0, 0.1) is 5.92 Å². The zero-order valence-corrected chi connectivity index (χ0v) is 13.2. The molecule has 0 saturated carbocycles. The molecule has 0 aromatic rings. The molecular formula is C16H34O3. The minimum atomic E-state index is -0.154. The maximum absolute atomic E-state index is 9.19. The molecule has 3 nitrogen and oxygen atoms in total. The van der Waals surface area contributed by atoms with Crippen molar-refractivity contribution >= 4 is 0 Å². The zero-order valence-electron chi connectivity index (χ0n) is 13.2. The second-order valence-electron chi connectivity index (χ2n) is 5.70. The van der Waals surface area contributed by atoms with Gasteiger partial charge in [0, 0.05) is 13.2 Å². The van der Waals surface area contributed by atoms with Gasteiger partial charge in [-0.3, -0.25) is 0 Å². The number of aliphatic hydroxyl groups excluding tert-OH is 1. The van der Waals surface area contributed by atoms with Crippen molar-refractivity contribution in [1.82, 2.24) is 0 Å². The molecule has 116 valence electrons.